The van der Waals surface area contributed by atoms with Gasteiger partial charge in [-0.1, -0.05) is 11.6 Å². The lowest BCUT2D eigenvalue weighted by atomic mass is 10.2. The number of aryl methyl sites for hydroxylation is 1. The quantitative estimate of drug-likeness (QED) is 0.913. The van der Waals surface area contributed by atoms with Crippen LogP contribution >= 0.6 is 22.9 Å². The van der Waals surface area contributed by atoms with E-state index in [9.17, 15) is 0 Å². The molecule has 2 aromatic heterocycles. The van der Waals surface area contributed by atoms with E-state index >= 15 is 0 Å². The highest BCUT2D eigenvalue weighted by Crippen LogP contribution is 2.29. The van der Waals surface area contributed by atoms with Crippen molar-refractivity contribution in [1.29, 1.82) is 0 Å². The molecular formula is C10H13ClN4S. The van der Waals surface area contributed by atoms with Gasteiger partial charge in [-0.2, -0.15) is 5.10 Å². The number of rotatable bonds is 4. The average molecular weight is 257 g/mol. The lowest BCUT2D eigenvalue weighted by Crippen LogP contribution is -2.20. The van der Waals surface area contributed by atoms with Gasteiger partial charge < -0.3 is 5.32 Å². The van der Waals surface area contributed by atoms with E-state index in [2.05, 4.69) is 15.4 Å². The summed E-state index contributed by atoms with van der Waals surface area (Å²) in [6, 6.07) is 0.0578. The molecule has 6 heteroatoms. The summed E-state index contributed by atoms with van der Waals surface area (Å²) >= 11 is 7.78. The number of hydrogen-bond acceptors (Lipinski definition) is 4. The number of nitrogens with one attached hydrogen (secondary N) is 1. The van der Waals surface area contributed by atoms with Crippen LogP contribution in [0.5, 0.6) is 0 Å². The Balaban J connectivity index is 2.44. The van der Waals surface area contributed by atoms with Gasteiger partial charge in [0.15, 0.2) is 0 Å². The minimum atomic E-state index is 0.0578. The predicted molar refractivity (Wildman–Crippen MR) is 65.9 cm³/mol. The molecule has 0 aromatic carbocycles. The fourth-order valence-electron chi connectivity index (χ4n) is 1.69. The van der Waals surface area contributed by atoms with Crippen molar-refractivity contribution < 1.29 is 0 Å². The highest BCUT2D eigenvalue weighted by Gasteiger charge is 2.21. The Labute approximate surface area is 103 Å². The third kappa shape index (κ3) is 1.98. The van der Waals surface area contributed by atoms with Gasteiger partial charge in [0.05, 0.1) is 28.5 Å². The van der Waals surface area contributed by atoms with Crippen molar-refractivity contribution >= 4 is 22.9 Å². The Morgan fingerprint density at radius 1 is 1.56 bits per heavy atom. The van der Waals surface area contributed by atoms with Gasteiger partial charge in [0, 0.05) is 17.6 Å². The Bertz CT molecular complexity index is 451. The average Bonchev–Trinajstić information content (AvgIpc) is 2.91. The minimum Gasteiger partial charge on any atom is -0.307 e. The molecule has 0 amide bonds. The van der Waals surface area contributed by atoms with Crippen LogP contribution in [0.15, 0.2) is 17.9 Å². The van der Waals surface area contributed by atoms with Crippen LogP contribution in [0.3, 0.4) is 0 Å². The summed E-state index contributed by atoms with van der Waals surface area (Å²) in [5, 5.41) is 8.18. The van der Waals surface area contributed by atoms with Crippen LogP contribution in [0.4, 0.5) is 0 Å². The molecule has 86 valence electrons. The second-order valence-electron chi connectivity index (χ2n) is 3.32. The van der Waals surface area contributed by atoms with Gasteiger partial charge in [0.1, 0.15) is 0 Å². The molecule has 1 unspecified atom stereocenters. The van der Waals surface area contributed by atoms with Crippen LogP contribution < -0.4 is 5.32 Å². The first-order chi connectivity index (χ1) is 7.77. The van der Waals surface area contributed by atoms with E-state index in [0.717, 1.165) is 17.1 Å². The molecule has 0 fully saturated rings. The van der Waals surface area contributed by atoms with E-state index in [1.807, 2.05) is 30.4 Å². The van der Waals surface area contributed by atoms with E-state index in [0.29, 0.717) is 5.02 Å². The standard InChI is InChI=1S/C10H13ClN4S/c1-3-15-10(7(11)4-14-15)9(12-2)8-5-13-6-16-8/h4-6,9,12H,3H2,1-2H3. The Hall–Kier alpha value is -0.910. The molecule has 1 N–H and O–H groups in total. The van der Waals surface area contributed by atoms with Gasteiger partial charge in [-0.15, -0.1) is 11.3 Å². The molecule has 2 heterocycles. The fraction of sp³-hybridized carbons (Fsp3) is 0.400. The summed E-state index contributed by atoms with van der Waals surface area (Å²) in [5.74, 6) is 0. The van der Waals surface area contributed by atoms with Crippen LogP contribution in [0.2, 0.25) is 5.02 Å². The molecule has 0 saturated carbocycles. The lowest BCUT2D eigenvalue weighted by molar-refractivity contribution is 0.567. The molecule has 16 heavy (non-hydrogen) atoms. The number of hydrogen-bond donors (Lipinski definition) is 1. The molecular weight excluding hydrogens is 244 g/mol. The van der Waals surface area contributed by atoms with Crippen molar-refractivity contribution in [3.8, 4) is 0 Å². The summed E-state index contributed by atoms with van der Waals surface area (Å²) in [4.78, 5) is 5.23. The van der Waals surface area contributed by atoms with Crippen molar-refractivity contribution in [2.75, 3.05) is 7.05 Å². The minimum absolute atomic E-state index is 0.0578. The molecule has 0 aliphatic heterocycles. The van der Waals surface area contributed by atoms with Crippen molar-refractivity contribution in [2.45, 2.75) is 19.5 Å². The molecule has 0 spiro atoms. The van der Waals surface area contributed by atoms with Crippen LogP contribution in [0, 0.1) is 0 Å². The van der Waals surface area contributed by atoms with Crippen LogP contribution in [0.1, 0.15) is 23.5 Å². The topological polar surface area (TPSA) is 42.7 Å². The third-order valence-electron chi connectivity index (χ3n) is 2.43. The summed E-state index contributed by atoms with van der Waals surface area (Å²) in [7, 11) is 1.91. The maximum Gasteiger partial charge on any atom is 0.0870 e. The third-order valence-corrected chi connectivity index (χ3v) is 3.56. The Morgan fingerprint density at radius 2 is 2.38 bits per heavy atom. The molecule has 0 radical (unpaired) electrons. The molecule has 0 aliphatic carbocycles. The van der Waals surface area contributed by atoms with E-state index < -0.39 is 0 Å². The predicted octanol–water partition coefficient (Wildman–Crippen LogP) is 2.32. The van der Waals surface area contributed by atoms with Gasteiger partial charge in [-0.25, -0.2) is 0 Å². The zero-order valence-corrected chi connectivity index (χ0v) is 10.7. The monoisotopic (exact) mass is 256 g/mol. The molecule has 2 rings (SSSR count). The van der Waals surface area contributed by atoms with Crippen LogP contribution in [0.25, 0.3) is 0 Å². The highest BCUT2D eigenvalue weighted by molar-refractivity contribution is 7.09. The first kappa shape index (κ1) is 11.6. The lowest BCUT2D eigenvalue weighted by Gasteiger charge is -2.16. The summed E-state index contributed by atoms with van der Waals surface area (Å²) < 4.78 is 1.91. The van der Waals surface area contributed by atoms with Gasteiger partial charge in [-0.05, 0) is 14.0 Å². The SMILES string of the molecule is CCn1ncc(Cl)c1C(NC)c1cncs1. The first-order valence-electron chi connectivity index (χ1n) is 5.04. The second kappa shape index (κ2) is 4.95. The molecule has 2 aromatic rings. The van der Waals surface area contributed by atoms with Crippen LogP contribution in [-0.4, -0.2) is 21.8 Å². The van der Waals surface area contributed by atoms with Gasteiger partial charge in [-0.3, -0.25) is 9.67 Å². The first-order valence-corrected chi connectivity index (χ1v) is 6.30. The Kier molecular flexibility index (Phi) is 3.58. The zero-order valence-electron chi connectivity index (χ0n) is 9.14. The van der Waals surface area contributed by atoms with E-state index in [1.165, 1.54) is 0 Å². The molecule has 4 nitrogen and oxygen atoms in total. The summed E-state index contributed by atoms with van der Waals surface area (Å²) in [6.45, 7) is 2.85. The number of thiazole rings is 1. The zero-order chi connectivity index (χ0) is 11.5. The van der Waals surface area contributed by atoms with Crippen molar-refractivity contribution in [3.05, 3.63) is 33.5 Å². The van der Waals surface area contributed by atoms with Gasteiger partial charge >= 0.3 is 0 Å². The largest absolute Gasteiger partial charge is 0.307 e. The Morgan fingerprint density at radius 3 is 2.94 bits per heavy atom. The van der Waals surface area contributed by atoms with Crippen molar-refractivity contribution in [1.82, 2.24) is 20.1 Å². The highest BCUT2D eigenvalue weighted by atomic mass is 35.5. The molecule has 0 bridgehead atoms. The number of nitrogens with zero attached hydrogens (tertiary/aromatic N) is 3. The van der Waals surface area contributed by atoms with Gasteiger partial charge in [0.2, 0.25) is 0 Å². The van der Waals surface area contributed by atoms with E-state index in [1.54, 1.807) is 17.5 Å². The van der Waals surface area contributed by atoms with E-state index in [4.69, 9.17) is 11.6 Å². The summed E-state index contributed by atoms with van der Waals surface area (Å²) in [6.07, 6.45) is 3.54. The maximum absolute atomic E-state index is 6.18. The maximum atomic E-state index is 6.18. The normalized spacial score (nSPS) is 12.9. The number of halogens is 1. The number of aromatic nitrogens is 3. The van der Waals surface area contributed by atoms with E-state index in [-0.39, 0.29) is 6.04 Å². The fourth-order valence-corrected chi connectivity index (χ4v) is 2.67. The molecule has 0 aliphatic rings. The van der Waals surface area contributed by atoms with Gasteiger partial charge in [0.25, 0.3) is 0 Å². The van der Waals surface area contributed by atoms with Crippen LogP contribution in [-0.2, 0) is 6.54 Å². The smallest absolute Gasteiger partial charge is 0.0870 e. The molecule has 0 saturated heterocycles. The molecule has 1 atom stereocenters. The van der Waals surface area contributed by atoms with Crippen molar-refractivity contribution in [3.63, 3.8) is 0 Å². The second-order valence-corrected chi connectivity index (χ2v) is 4.64. The summed E-state index contributed by atoms with van der Waals surface area (Å²) in [5.41, 5.74) is 2.82. The van der Waals surface area contributed by atoms with Crippen molar-refractivity contribution in [2.24, 2.45) is 0 Å².